The molecule has 1 aromatic heterocycles. The molecule has 2 aromatic carbocycles. The van der Waals surface area contributed by atoms with Crippen LogP contribution in [0, 0.1) is 0 Å². The van der Waals surface area contributed by atoms with Gasteiger partial charge in [-0.1, -0.05) is 35.9 Å². The number of benzene rings is 2. The van der Waals surface area contributed by atoms with Gasteiger partial charge < -0.3 is 9.30 Å². The van der Waals surface area contributed by atoms with E-state index in [0.29, 0.717) is 23.9 Å². The summed E-state index contributed by atoms with van der Waals surface area (Å²) in [5.74, 6) is 0.0867. The molecule has 0 unspecified atom stereocenters. The number of amides is 1. The summed E-state index contributed by atoms with van der Waals surface area (Å²) in [5.41, 5.74) is 3.64. The second-order valence-corrected chi connectivity index (χ2v) is 6.59. The van der Waals surface area contributed by atoms with Crippen molar-refractivity contribution in [2.45, 2.75) is 13.5 Å². The van der Waals surface area contributed by atoms with Crippen molar-refractivity contribution in [3.63, 3.8) is 0 Å². The Kier molecular flexibility index (Phi) is 6.81. The number of nitrogens with one attached hydrogen (secondary N) is 1. The number of rotatable bonds is 7. The van der Waals surface area contributed by atoms with Crippen LogP contribution in [0.5, 0.6) is 5.75 Å². The minimum absolute atomic E-state index is 0.0108. The molecule has 0 aliphatic rings. The first-order chi connectivity index (χ1) is 14.1. The Morgan fingerprint density at radius 2 is 1.90 bits per heavy atom. The van der Waals surface area contributed by atoms with Crippen molar-refractivity contribution >= 4 is 23.7 Å². The number of aromatic nitrogens is 1. The molecule has 0 radical (unpaired) electrons. The van der Waals surface area contributed by atoms with Crippen LogP contribution in [0.1, 0.15) is 28.4 Å². The van der Waals surface area contributed by atoms with E-state index in [1.54, 1.807) is 24.4 Å². The van der Waals surface area contributed by atoms with Crippen LogP contribution in [0.15, 0.2) is 76.8 Å². The molecule has 0 bridgehead atoms. The highest BCUT2D eigenvalue weighted by Crippen LogP contribution is 2.15. The third-order valence-corrected chi connectivity index (χ3v) is 4.37. The van der Waals surface area contributed by atoms with Gasteiger partial charge in [0.05, 0.1) is 19.4 Å². The van der Waals surface area contributed by atoms with Crippen LogP contribution in [0.25, 0.3) is 0 Å². The van der Waals surface area contributed by atoms with E-state index in [9.17, 15) is 9.59 Å². The van der Waals surface area contributed by atoms with Gasteiger partial charge in [0.25, 0.3) is 11.5 Å². The fraction of sp³-hybridized carbons (Fsp3) is 0.136. The number of para-hydroxylation sites is 1. The molecule has 0 aliphatic heterocycles. The second kappa shape index (κ2) is 9.71. The maximum atomic E-state index is 12.7. The first-order valence-corrected chi connectivity index (χ1v) is 9.45. The summed E-state index contributed by atoms with van der Waals surface area (Å²) in [7, 11) is 0. The first kappa shape index (κ1) is 20.4. The fourth-order valence-electron chi connectivity index (χ4n) is 2.72. The molecule has 29 heavy (non-hydrogen) atoms. The number of hydrazone groups is 1. The highest BCUT2D eigenvalue weighted by atomic mass is 35.5. The number of carbonyl (C=O) groups is 1. The zero-order valence-corrected chi connectivity index (χ0v) is 16.6. The molecule has 6 nitrogen and oxygen atoms in total. The molecule has 1 N–H and O–H groups in total. The maximum Gasteiger partial charge on any atom is 0.276 e. The highest BCUT2D eigenvalue weighted by Gasteiger charge is 2.12. The predicted molar refractivity (Wildman–Crippen MR) is 114 cm³/mol. The van der Waals surface area contributed by atoms with Gasteiger partial charge in [0.2, 0.25) is 0 Å². The third-order valence-electron chi connectivity index (χ3n) is 4.12. The van der Waals surface area contributed by atoms with Gasteiger partial charge in [-0.25, -0.2) is 5.43 Å². The number of hydrogen-bond donors (Lipinski definition) is 1. The molecule has 0 fully saturated rings. The second-order valence-electron chi connectivity index (χ2n) is 6.15. The van der Waals surface area contributed by atoms with Crippen LogP contribution in [-0.2, 0) is 6.54 Å². The molecule has 148 valence electrons. The van der Waals surface area contributed by atoms with E-state index in [1.165, 1.54) is 16.8 Å². The Hall–Kier alpha value is -3.38. The number of carbonyl (C=O) groups excluding carboxylic acids is 1. The van der Waals surface area contributed by atoms with Crippen LogP contribution in [0.4, 0.5) is 0 Å². The van der Waals surface area contributed by atoms with Crippen LogP contribution < -0.4 is 15.7 Å². The lowest BCUT2D eigenvalue weighted by Crippen LogP contribution is -2.30. The largest absolute Gasteiger partial charge is 0.493 e. The van der Waals surface area contributed by atoms with Crippen molar-refractivity contribution < 1.29 is 9.53 Å². The Morgan fingerprint density at radius 1 is 1.14 bits per heavy atom. The lowest BCUT2D eigenvalue weighted by Gasteiger charge is -2.08. The Labute approximate surface area is 173 Å². The topological polar surface area (TPSA) is 72.7 Å². The van der Waals surface area contributed by atoms with Gasteiger partial charge in [-0.2, -0.15) is 5.10 Å². The normalized spacial score (nSPS) is 10.8. The van der Waals surface area contributed by atoms with Gasteiger partial charge in [-0.15, -0.1) is 0 Å². The van der Waals surface area contributed by atoms with E-state index >= 15 is 0 Å². The smallest absolute Gasteiger partial charge is 0.276 e. The molecule has 0 aliphatic carbocycles. The van der Waals surface area contributed by atoms with E-state index in [0.717, 1.165) is 11.1 Å². The summed E-state index contributed by atoms with van der Waals surface area (Å²) >= 11 is 5.89. The van der Waals surface area contributed by atoms with Crippen molar-refractivity contribution in [1.29, 1.82) is 0 Å². The van der Waals surface area contributed by atoms with Crippen molar-refractivity contribution in [3.8, 4) is 5.75 Å². The summed E-state index contributed by atoms with van der Waals surface area (Å²) in [6.07, 6.45) is 3.12. The fourth-order valence-corrected chi connectivity index (χ4v) is 2.84. The molecule has 3 aromatic rings. The number of ether oxygens (including phenoxy) is 1. The van der Waals surface area contributed by atoms with E-state index in [-0.39, 0.29) is 5.56 Å². The minimum Gasteiger partial charge on any atom is -0.493 e. The molecule has 0 saturated heterocycles. The summed E-state index contributed by atoms with van der Waals surface area (Å²) in [5, 5.41) is 4.58. The Balaban J connectivity index is 1.73. The number of nitrogens with zero attached hydrogens (tertiary/aromatic N) is 2. The monoisotopic (exact) mass is 409 g/mol. The van der Waals surface area contributed by atoms with E-state index in [1.807, 2.05) is 43.3 Å². The zero-order chi connectivity index (χ0) is 20.6. The molecule has 1 heterocycles. The highest BCUT2D eigenvalue weighted by molar-refractivity contribution is 6.30. The molecule has 0 saturated carbocycles. The minimum atomic E-state index is -0.578. The Morgan fingerprint density at radius 3 is 2.66 bits per heavy atom. The first-order valence-electron chi connectivity index (χ1n) is 9.07. The van der Waals surface area contributed by atoms with Crippen LogP contribution in [0.3, 0.4) is 0 Å². The van der Waals surface area contributed by atoms with Crippen molar-refractivity contribution in [3.05, 3.63) is 98.9 Å². The summed E-state index contributed by atoms with van der Waals surface area (Å²) in [4.78, 5) is 25.1. The zero-order valence-electron chi connectivity index (χ0n) is 15.8. The molecular weight excluding hydrogens is 390 g/mol. The van der Waals surface area contributed by atoms with Gasteiger partial charge in [-0.3, -0.25) is 9.59 Å². The molecule has 0 spiro atoms. The number of halogens is 1. The molecular formula is C22H20ClN3O3. The van der Waals surface area contributed by atoms with E-state index in [2.05, 4.69) is 10.5 Å². The van der Waals surface area contributed by atoms with Gasteiger partial charge in [0, 0.05) is 16.8 Å². The summed E-state index contributed by atoms with van der Waals surface area (Å²) in [6.45, 7) is 2.75. The molecule has 1 amide bonds. The van der Waals surface area contributed by atoms with E-state index < -0.39 is 11.5 Å². The van der Waals surface area contributed by atoms with Crippen LogP contribution >= 0.6 is 11.6 Å². The van der Waals surface area contributed by atoms with Gasteiger partial charge in [0.1, 0.15) is 11.3 Å². The Bertz CT molecular complexity index is 1080. The maximum absolute atomic E-state index is 12.7. The van der Waals surface area contributed by atoms with Gasteiger partial charge in [-0.05, 0) is 48.9 Å². The van der Waals surface area contributed by atoms with E-state index in [4.69, 9.17) is 16.3 Å². The standard InChI is InChI=1S/C22H20ClN3O3/c1-2-29-20-8-4-3-6-17(20)14-24-25-21(27)19-7-5-13-26(22(19)28)15-16-9-11-18(23)12-10-16/h3-14H,2,15H2,1H3,(H,25,27)/b24-14-. The van der Waals surface area contributed by atoms with Crippen LogP contribution in [-0.4, -0.2) is 23.3 Å². The summed E-state index contributed by atoms with van der Waals surface area (Å²) < 4.78 is 6.98. The molecule has 0 atom stereocenters. The number of pyridine rings is 1. The molecule has 3 rings (SSSR count). The average Bonchev–Trinajstić information content (AvgIpc) is 2.72. The lowest BCUT2D eigenvalue weighted by molar-refractivity contribution is 0.0953. The third kappa shape index (κ3) is 5.33. The van der Waals surface area contributed by atoms with Gasteiger partial charge >= 0.3 is 0 Å². The van der Waals surface area contributed by atoms with Crippen molar-refractivity contribution in [2.75, 3.05) is 6.61 Å². The quantitative estimate of drug-likeness (QED) is 0.477. The van der Waals surface area contributed by atoms with Crippen LogP contribution in [0.2, 0.25) is 5.02 Å². The number of hydrogen-bond acceptors (Lipinski definition) is 4. The van der Waals surface area contributed by atoms with Crippen molar-refractivity contribution in [2.24, 2.45) is 5.10 Å². The summed E-state index contributed by atoms with van der Waals surface area (Å²) in [6, 6.07) is 17.7. The molecule has 7 heteroatoms. The lowest BCUT2D eigenvalue weighted by atomic mass is 10.2. The SMILES string of the molecule is CCOc1ccccc1/C=N\NC(=O)c1cccn(Cc2ccc(Cl)cc2)c1=O. The predicted octanol–water partition coefficient (Wildman–Crippen LogP) is 3.71. The van der Waals surface area contributed by atoms with Gasteiger partial charge in [0.15, 0.2) is 0 Å². The average molecular weight is 410 g/mol. The van der Waals surface area contributed by atoms with Crippen molar-refractivity contribution in [1.82, 2.24) is 9.99 Å².